The van der Waals surface area contributed by atoms with Gasteiger partial charge in [0, 0.05) is 25.8 Å². The third-order valence-electron chi connectivity index (χ3n) is 3.62. The summed E-state index contributed by atoms with van der Waals surface area (Å²) in [6.07, 6.45) is 6.88. The van der Waals surface area contributed by atoms with Gasteiger partial charge in [0.15, 0.2) is 0 Å². The van der Waals surface area contributed by atoms with Gasteiger partial charge < -0.3 is 16.0 Å². The van der Waals surface area contributed by atoms with E-state index in [1.165, 1.54) is 25.7 Å². The standard InChI is InChI=1S/C15H24N4O/c1-12(16)15(20)18-11-13-6-7-17-14(10-13)19-8-4-2-3-5-9-19/h6-7,10,12H,2-5,8-9,11,16H2,1H3,(H,18,20)/t12-/m1/s1. The second kappa shape index (κ2) is 7.24. The number of carbonyl (C=O) groups is 1. The van der Waals surface area contributed by atoms with Crippen molar-refractivity contribution in [2.45, 2.75) is 45.2 Å². The number of pyridine rings is 1. The van der Waals surface area contributed by atoms with Gasteiger partial charge in [-0.15, -0.1) is 0 Å². The largest absolute Gasteiger partial charge is 0.357 e. The van der Waals surface area contributed by atoms with Crippen LogP contribution >= 0.6 is 0 Å². The van der Waals surface area contributed by atoms with Crippen LogP contribution in [0.4, 0.5) is 5.82 Å². The van der Waals surface area contributed by atoms with Crippen molar-refractivity contribution in [1.29, 1.82) is 0 Å². The highest BCUT2D eigenvalue weighted by Crippen LogP contribution is 2.18. The van der Waals surface area contributed by atoms with Gasteiger partial charge in [0.25, 0.3) is 0 Å². The molecule has 0 saturated carbocycles. The number of nitrogens with one attached hydrogen (secondary N) is 1. The molecule has 0 aromatic carbocycles. The Bertz CT molecular complexity index is 439. The van der Waals surface area contributed by atoms with Crippen LogP contribution in [0.5, 0.6) is 0 Å². The van der Waals surface area contributed by atoms with Crippen LogP contribution in [0.25, 0.3) is 0 Å². The van der Waals surface area contributed by atoms with Crippen molar-refractivity contribution < 1.29 is 4.79 Å². The molecule has 1 aromatic heterocycles. The molecule has 2 heterocycles. The van der Waals surface area contributed by atoms with Gasteiger partial charge in [-0.1, -0.05) is 12.8 Å². The van der Waals surface area contributed by atoms with E-state index in [4.69, 9.17) is 5.73 Å². The van der Waals surface area contributed by atoms with Crippen LogP contribution in [0.3, 0.4) is 0 Å². The lowest BCUT2D eigenvalue weighted by molar-refractivity contribution is -0.122. The number of hydrogen-bond donors (Lipinski definition) is 2. The van der Waals surface area contributed by atoms with Crippen LogP contribution in [0.15, 0.2) is 18.3 Å². The molecule has 1 fully saturated rings. The number of carbonyl (C=O) groups excluding carboxylic acids is 1. The molecule has 1 amide bonds. The Morgan fingerprint density at radius 1 is 1.40 bits per heavy atom. The Hall–Kier alpha value is -1.62. The summed E-state index contributed by atoms with van der Waals surface area (Å²) in [4.78, 5) is 18.3. The number of aromatic nitrogens is 1. The van der Waals surface area contributed by atoms with E-state index >= 15 is 0 Å². The average Bonchev–Trinajstić information content (AvgIpc) is 2.74. The fraction of sp³-hybridized carbons (Fsp3) is 0.600. The fourth-order valence-electron chi connectivity index (χ4n) is 2.39. The number of hydrogen-bond acceptors (Lipinski definition) is 4. The van der Waals surface area contributed by atoms with Crippen molar-refractivity contribution in [3.05, 3.63) is 23.9 Å². The summed E-state index contributed by atoms with van der Waals surface area (Å²) in [6.45, 7) is 4.33. The van der Waals surface area contributed by atoms with E-state index in [1.54, 1.807) is 6.92 Å². The molecule has 20 heavy (non-hydrogen) atoms. The summed E-state index contributed by atoms with van der Waals surface area (Å²) in [5.41, 5.74) is 6.59. The Balaban J connectivity index is 1.98. The van der Waals surface area contributed by atoms with Crippen molar-refractivity contribution in [2.75, 3.05) is 18.0 Å². The van der Waals surface area contributed by atoms with Gasteiger partial charge in [-0.25, -0.2) is 4.98 Å². The third kappa shape index (κ3) is 4.20. The fourth-order valence-corrected chi connectivity index (χ4v) is 2.39. The zero-order valence-electron chi connectivity index (χ0n) is 12.1. The topological polar surface area (TPSA) is 71.2 Å². The smallest absolute Gasteiger partial charge is 0.236 e. The first-order valence-electron chi connectivity index (χ1n) is 7.40. The number of rotatable bonds is 4. The van der Waals surface area contributed by atoms with E-state index in [1.807, 2.05) is 12.3 Å². The maximum absolute atomic E-state index is 11.5. The molecule has 0 radical (unpaired) electrons. The molecule has 3 N–H and O–H groups in total. The summed E-state index contributed by atoms with van der Waals surface area (Å²) in [6, 6.07) is 3.53. The number of anilines is 1. The van der Waals surface area contributed by atoms with Gasteiger partial charge in [0.1, 0.15) is 5.82 Å². The van der Waals surface area contributed by atoms with E-state index < -0.39 is 6.04 Å². The maximum Gasteiger partial charge on any atom is 0.236 e. The minimum Gasteiger partial charge on any atom is -0.357 e. The first-order chi connectivity index (χ1) is 9.66. The van der Waals surface area contributed by atoms with Crippen LogP contribution < -0.4 is 16.0 Å². The van der Waals surface area contributed by atoms with Crippen LogP contribution in [0.1, 0.15) is 38.2 Å². The van der Waals surface area contributed by atoms with E-state index in [0.29, 0.717) is 6.54 Å². The number of nitrogens with zero attached hydrogens (tertiary/aromatic N) is 2. The molecule has 0 spiro atoms. The van der Waals surface area contributed by atoms with Crippen molar-refractivity contribution >= 4 is 11.7 Å². The second-order valence-corrected chi connectivity index (χ2v) is 5.43. The molecule has 110 valence electrons. The van der Waals surface area contributed by atoms with E-state index in [9.17, 15) is 4.79 Å². The third-order valence-corrected chi connectivity index (χ3v) is 3.62. The van der Waals surface area contributed by atoms with Crippen LogP contribution in [0.2, 0.25) is 0 Å². The van der Waals surface area contributed by atoms with Crippen molar-refractivity contribution in [1.82, 2.24) is 10.3 Å². The molecular weight excluding hydrogens is 252 g/mol. The van der Waals surface area contributed by atoms with Gasteiger partial charge in [0.2, 0.25) is 5.91 Å². The van der Waals surface area contributed by atoms with Gasteiger partial charge >= 0.3 is 0 Å². The molecule has 1 aromatic rings. The van der Waals surface area contributed by atoms with E-state index in [-0.39, 0.29) is 5.91 Å². The highest BCUT2D eigenvalue weighted by Gasteiger charge is 2.12. The van der Waals surface area contributed by atoms with Gasteiger partial charge in [-0.2, -0.15) is 0 Å². The van der Waals surface area contributed by atoms with E-state index in [0.717, 1.165) is 24.5 Å². The molecule has 0 bridgehead atoms. The lowest BCUT2D eigenvalue weighted by atomic mass is 10.2. The second-order valence-electron chi connectivity index (χ2n) is 5.43. The van der Waals surface area contributed by atoms with Crippen molar-refractivity contribution in [3.63, 3.8) is 0 Å². The van der Waals surface area contributed by atoms with Gasteiger partial charge in [0.05, 0.1) is 6.04 Å². The highest BCUT2D eigenvalue weighted by atomic mass is 16.2. The molecule has 0 unspecified atom stereocenters. The van der Waals surface area contributed by atoms with Crippen LogP contribution in [0, 0.1) is 0 Å². The zero-order valence-corrected chi connectivity index (χ0v) is 12.1. The number of amides is 1. The van der Waals surface area contributed by atoms with E-state index in [2.05, 4.69) is 21.3 Å². The lowest BCUT2D eigenvalue weighted by Gasteiger charge is -2.21. The quantitative estimate of drug-likeness (QED) is 0.872. The number of nitrogens with two attached hydrogens (primary N) is 1. The molecule has 1 saturated heterocycles. The van der Waals surface area contributed by atoms with Crippen molar-refractivity contribution in [3.8, 4) is 0 Å². The summed E-state index contributed by atoms with van der Waals surface area (Å²) in [5.74, 6) is 0.887. The Morgan fingerprint density at radius 2 is 2.10 bits per heavy atom. The predicted octanol–water partition coefficient (Wildman–Crippen LogP) is 1.43. The minimum atomic E-state index is -0.470. The van der Waals surface area contributed by atoms with Crippen LogP contribution in [-0.4, -0.2) is 30.0 Å². The molecule has 1 aliphatic rings. The average molecular weight is 276 g/mol. The predicted molar refractivity (Wildman–Crippen MR) is 80.4 cm³/mol. The Kier molecular flexibility index (Phi) is 5.35. The molecule has 0 aliphatic carbocycles. The SMILES string of the molecule is C[C@@H](N)C(=O)NCc1ccnc(N2CCCCCC2)c1. The summed E-state index contributed by atoms with van der Waals surface area (Å²) < 4.78 is 0. The first kappa shape index (κ1) is 14.8. The minimum absolute atomic E-state index is 0.127. The van der Waals surface area contributed by atoms with Crippen molar-refractivity contribution in [2.24, 2.45) is 5.73 Å². The van der Waals surface area contributed by atoms with Crippen LogP contribution in [-0.2, 0) is 11.3 Å². The molecule has 1 atom stereocenters. The summed E-state index contributed by atoms with van der Waals surface area (Å²) >= 11 is 0. The first-order valence-corrected chi connectivity index (χ1v) is 7.40. The summed E-state index contributed by atoms with van der Waals surface area (Å²) in [5, 5.41) is 2.83. The Labute approximate surface area is 120 Å². The molecular formula is C15H24N4O. The zero-order chi connectivity index (χ0) is 14.4. The molecule has 2 rings (SSSR count). The molecule has 1 aliphatic heterocycles. The monoisotopic (exact) mass is 276 g/mol. The lowest BCUT2D eigenvalue weighted by Crippen LogP contribution is -2.37. The normalized spacial score (nSPS) is 17.4. The Morgan fingerprint density at radius 3 is 2.75 bits per heavy atom. The highest BCUT2D eigenvalue weighted by molar-refractivity contribution is 5.80. The van der Waals surface area contributed by atoms with Gasteiger partial charge in [-0.05, 0) is 37.5 Å². The molecule has 5 heteroatoms. The van der Waals surface area contributed by atoms with Gasteiger partial charge in [-0.3, -0.25) is 4.79 Å². The molecule has 5 nitrogen and oxygen atoms in total. The maximum atomic E-state index is 11.5. The summed E-state index contributed by atoms with van der Waals surface area (Å²) in [7, 11) is 0.